The van der Waals surface area contributed by atoms with E-state index in [1.165, 1.54) is 12.1 Å². The van der Waals surface area contributed by atoms with Gasteiger partial charge in [0.25, 0.3) is 0 Å². The lowest BCUT2D eigenvalue weighted by molar-refractivity contribution is 0.598. The Morgan fingerprint density at radius 2 is 1.76 bits per heavy atom. The highest BCUT2D eigenvalue weighted by Gasteiger charge is 2.08. The molecule has 0 fully saturated rings. The fraction of sp³-hybridized carbons (Fsp3) is 0.412. The Kier molecular flexibility index (Phi) is 6.33. The Morgan fingerprint density at radius 1 is 1.12 bits per heavy atom. The number of nitrogens with two attached hydrogens (primary N) is 1. The second kappa shape index (κ2) is 8.26. The van der Waals surface area contributed by atoms with E-state index in [4.69, 9.17) is 5.14 Å². The van der Waals surface area contributed by atoms with Crippen LogP contribution in [-0.2, 0) is 16.4 Å². The number of benzene rings is 1. The second-order valence-corrected chi connectivity index (χ2v) is 7.26. The number of hydrogen-bond donors (Lipinski definition) is 2. The lowest BCUT2D eigenvalue weighted by Crippen LogP contribution is -2.23. The molecule has 1 heterocycles. The van der Waals surface area contributed by atoms with Crippen molar-refractivity contribution in [1.29, 1.82) is 0 Å². The molecule has 0 spiro atoms. The van der Waals surface area contributed by atoms with Gasteiger partial charge in [-0.3, -0.25) is 0 Å². The molecule has 0 radical (unpaired) electrons. The van der Waals surface area contributed by atoms with E-state index in [-0.39, 0.29) is 4.90 Å². The first-order valence-electron chi connectivity index (χ1n) is 8.29. The predicted molar refractivity (Wildman–Crippen MR) is 100 cm³/mol. The minimum Gasteiger partial charge on any atom is -0.370 e. The molecule has 7 nitrogen and oxygen atoms in total. The van der Waals surface area contributed by atoms with Crippen LogP contribution in [0.4, 0.5) is 11.6 Å². The van der Waals surface area contributed by atoms with Gasteiger partial charge in [-0.1, -0.05) is 12.1 Å². The van der Waals surface area contributed by atoms with Crippen molar-refractivity contribution in [3.8, 4) is 0 Å². The molecule has 0 aliphatic rings. The van der Waals surface area contributed by atoms with Crippen LogP contribution < -0.4 is 15.4 Å². The maximum absolute atomic E-state index is 11.3. The van der Waals surface area contributed by atoms with Gasteiger partial charge in [0.1, 0.15) is 17.5 Å². The lowest BCUT2D eigenvalue weighted by atomic mass is 10.1. The zero-order valence-corrected chi connectivity index (χ0v) is 15.7. The monoisotopic (exact) mass is 363 g/mol. The van der Waals surface area contributed by atoms with Crippen molar-refractivity contribution in [3.05, 3.63) is 41.7 Å². The smallest absolute Gasteiger partial charge is 0.238 e. The van der Waals surface area contributed by atoms with Crippen LogP contribution in [-0.4, -0.2) is 38.0 Å². The molecule has 1 aromatic heterocycles. The van der Waals surface area contributed by atoms with Gasteiger partial charge < -0.3 is 10.2 Å². The molecule has 0 atom stereocenters. The molecule has 0 saturated heterocycles. The molecule has 2 rings (SSSR count). The minimum atomic E-state index is -3.64. The number of rotatable bonds is 8. The molecule has 0 saturated carbocycles. The molecule has 8 heteroatoms. The van der Waals surface area contributed by atoms with E-state index in [1.807, 2.05) is 13.0 Å². The number of anilines is 2. The largest absolute Gasteiger partial charge is 0.370 e. The third-order valence-electron chi connectivity index (χ3n) is 3.88. The Morgan fingerprint density at radius 3 is 2.32 bits per heavy atom. The van der Waals surface area contributed by atoms with Gasteiger partial charge >= 0.3 is 0 Å². The highest BCUT2D eigenvalue weighted by atomic mass is 32.2. The molecule has 0 bridgehead atoms. The molecule has 0 unspecified atom stereocenters. The normalized spacial score (nSPS) is 11.4. The molecule has 0 aliphatic heterocycles. The Bertz CT molecular complexity index is 802. The lowest BCUT2D eigenvalue weighted by Gasteiger charge is -2.20. The third kappa shape index (κ3) is 5.40. The van der Waals surface area contributed by atoms with Crippen molar-refractivity contribution >= 4 is 21.7 Å². The first-order chi connectivity index (χ1) is 11.8. The number of primary sulfonamides is 1. The Balaban J connectivity index is 2.00. The Hall–Kier alpha value is -2.19. The average Bonchev–Trinajstić information content (AvgIpc) is 2.55. The molecule has 136 valence electrons. The highest BCUT2D eigenvalue weighted by Crippen LogP contribution is 2.16. The standard InChI is InChI=1S/C17H25N5O2S/c1-4-22(5-2)17-12-16(20-13(3)21-17)19-11-10-14-6-8-15(9-7-14)25(18,23)24/h6-9,12H,4-5,10-11H2,1-3H3,(H2,18,23,24)(H,19,20,21). The molecular weight excluding hydrogens is 338 g/mol. The van der Waals surface area contributed by atoms with Crippen LogP contribution in [0, 0.1) is 6.92 Å². The van der Waals surface area contributed by atoms with Crippen LogP contribution in [0.1, 0.15) is 25.2 Å². The quantitative estimate of drug-likeness (QED) is 0.743. The van der Waals surface area contributed by atoms with E-state index >= 15 is 0 Å². The minimum absolute atomic E-state index is 0.125. The molecule has 25 heavy (non-hydrogen) atoms. The molecule has 0 amide bonds. The summed E-state index contributed by atoms with van der Waals surface area (Å²) in [4.78, 5) is 11.2. The van der Waals surface area contributed by atoms with E-state index in [0.717, 1.165) is 42.5 Å². The summed E-state index contributed by atoms with van der Waals surface area (Å²) in [6, 6.07) is 8.54. The van der Waals surface area contributed by atoms with E-state index < -0.39 is 10.0 Å². The number of sulfonamides is 1. The summed E-state index contributed by atoms with van der Waals surface area (Å²) in [6.45, 7) is 8.54. The summed E-state index contributed by atoms with van der Waals surface area (Å²) in [6.07, 6.45) is 0.745. The van der Waals surface area contributed by atoms with E-state index in [1.54, 1.807) is 12.1 Å². The summed E-state index contributed by atoms with van der Waals surface area (Å²) in [5.74, 6) is 2.43. The van der Waals surface area contributed by atoms with Crippen molar-refractivity contribution < 1.29 is 8.42 Å². The van der Waals surface area contributed by atoms with E-state index in [0.29, 0.717) is 6.54 Å². The fourth-order valence-corrected chi connectivity index (χ4v) is 3.05. The zero-order valence-electron chi connectivity index (χ0n) is 14.9. The molecule has 0 aliphatic carbocycles. The van der Waals surface area contributed by atoms with Gasteiger partial charge in [0, 0.05) is 25.7 Å². The van der Waals surface area contributed by atoms with Crippen LogP contribution in [0.15, 0.2) is 35.2 Å². The van der Waals surface area contributed by atoms with Gasteiger partial charge in [-0.2, -0.15) is 0 Å². The summed E-state index contributed by atoms with van der Waals surface area (Å²) >= 11 is 0. The van der Waals surface area contributed by atoms with E-state index in [9.17, 15) is 8.42 Å². The van der Waals surface area contributed by atoms with Gasteiger partial charge in [-0.15, -0.1) is 0 Å². The van der Waals surface area contributed by atoms with Crippen molar-refractivity contribution in [1.82, 2.24) is 9.97 Å². The zero-order chi connectivity index (χ0) is 18.4. The fourth-order valence-electron chi connectivity index (χ4n) is 2.53. The van der Waals surface area contributed by atoms with E-state index in [2.05, 4.69) is 34.0 Å². The van der Waals surface area contributed by atoms with Crippen LogP contribution in [0.5, 0.6) is 0 Å². The SMILES string of the molecule is CCN(CC)c1cc(NCCc2ccc(S(N)(=O)=O)cc2)nc(C)n1. The first-order valence-corrected chi connectivity index (χ1v) is 9.84. The number of nitrogens with one attached hydrogen (secondary N) is 1. The van der Waals surface area contributed by atoms with Gasteiger partial charge in [0.2, 0.25) is 10.0 Å². The van der Waals surface area contributed by atoms with Gasteiger partial charge in [0.05, 0.1) is 4.90 Å². The van der Waals surface area contributed by atoms with Crippen molar-refractivity contribution in [3.63, 3.8) is 0 Å². The molecule has 3 N–H and O–H groups in total. The van der Waals surface area contributed by atoms with Gasteiger partial charge in [-0.05, 0) is 44.9 Å². The number of aryl methyl sites for hydroxylation is 1. The van der Waals surface area contributed by atoms with Crippen molar-refractivity contribution in [2.45, 2.75) is 32.1 Å². The number of nitrogens with zero attached hydrogens (tertiary/aromatic N) is 3. The summed E-state index contributed by atoms with van der Waals surface area (Å²) in [5, 5.41) is 8.40. The number of hydrogen-bond acceptors (Lipinski definition) is 6. The maximum atomic E-state index is 11.3. The summed E-state index contributed by atoms with van der Waals surface area (Å²) < 4.78 is 22.5. The Labute approximate surface area is 149 Å². The van der Waals surface area contributed by atoms with Gasteiger partial charge in [0.15, 0.2) is 0 Å². The van der Waals surface area contributed by atoms with Gasteiger partial charge in [-0.25, -0.2) is 23.5 Å². The van der Waals surface area contributed by atoms with Crippen molar-refractivity contribution in [2.24, 2.45) is 5.14 Å². The van der Waals surface area contributed by atoms with Crippen LogP contribution in [0.2, 0.25) is 0 Å². The molecular formula is C17H25N5O2S. The maximum Gasteiger partial charge on any atom is 0.238 e. The average molecular weight is 363 g/mol. The first kappa shape index (κ1) is 19.1. The topological polar surface area (TPSA) is 101 Å². The molecule has 1 aromatic carbocycles. The highest BCUT2D eigenvalue weighted by molar-refractivity contribution is 7.89. The van der Waals surface area contributed by atoms with Crippen LogP contribution >= 0.6 is 0 Å². The van der Waals surface area contributed by atoms with Crippen LogP contribution in [0.3, 0.4) is 0 Å². The summed E-state index contributed by atoms with van der Waals surface area (Å²) in [7, 11) is -3.64. The second-order valence-electron chi connectivity index (χ2n) is 5.70. The summed E-state index contributed by atoms with van der Waals surface area (Å²) in [5.41, 5.74) is 1.02. The number of aromatic nitrogens is 2. The predicted octanol–water partition coefficient (Wildman–Crippen LogP) is 1.93. The van der Waals surface area contributed by atoms with Crippen molar-refractivity contribution in [2.75, 3.05) is 29.9 Å². The molecule has 2 aromatic rings. The third-order valence-corrected chi connectivity index (χ3v) is 4.81. The van der Waals surface area contributed by atoms with Crippen LogP contribution in [0.25, 0.3) is 0 Å².